The Hall–Kier alpha value is -3.58. The number of hydrogen-bond acceptors (Lipinski definition) is 4. The molecular formula is C24H20ClFN2O4. The van der Waals surface area contributed by atoms with Crippen LogP contribution in [-0.2, 0) is 16.1 Å². The third-order valence-electron chi connectivity index (χ3n) is 4.90. The Morgan fingerprint density at radius 2 is 1.91 bits per heavy atom. The van der Waals surface area contributed by atoms with Crippen molar-refractivity contribution in [3.8, 4) is 11.5 Å². The molecule has 0 aliphatic carbocycles. The number of anilines is 2. The summed E-state index contributed by atoms with van der Waals surface area (Å²) >= 11 is 6.04. The van der Waals surface area contributed by atoms with Crippen LogP contribution in [0, 0.1) is 5.82 Å². The average Bonchev–Trinajstić information content (AvgIpc) is 2.78. The molecule has 3 aromatic rings. The van der Waals surface area contributed by atoms with E-state index < -0.39 is 6.10 Å². The third kappa shape index (κ3) is 4.84. The van der Waals surface area contributed by atoms with E-state index in [1.807, 2.05) is 0 Å². The zero-order chi connectivity index (χ0) is 22.7. The maximum atomic E-state index is 13.3. The van der Waals surface area contributed by atoms with Crippen molar-refractivity contribution in [2.24, 2.45) is 0 Å². The molecule has 0 saturated carbocycles. The van der Waals surface area contributed by atoms with Crippen LogP contribution in [0.5, 0.6) is 11.5 Å². The Kier molecular flexibility index (Phi) is 6.28. The largest absolute Gasteiger partial charge is 0.482 e. The second kappa shape index (κ2) is 9.28. The van der Waals surface area contributed by atoms with Crippen molar-refractivity contribution in [2.45, 2.75) is 19.6 Å². The molecule has 1 N–H and O–H groups in total. The minimum atomic E-state index is -0.660. The lowest BCUT2D eigenvalue weighted by Gasteiger charge is -2.33. The van der Waals surface area contributed by atoms with Crippen molar-refractivity contribution < 1.29 is 23.5 Å². The van der Waals surface area contributed by atoms with Crippen molar-refractivity contribution in [1.29, 1.82) is 0 Å². The molecule has 6 nitrogen and oxygen atoms in total. The van der Waals surface area contributed by atoms with Crippen molar-refractivity contribution in [3.63, 3.8) is 0 Å². The smallest absolute Gasteiger partial charge is 0.268 e. The first-order chi connectivity index (χ1) is 15.4. The number of nitrogens with zero attached hydrogens (tertiary/aromatic N) is 1. The standard InChI is InChI=1S/C24H20ClFN2O4/c1-15-24(30)28(13-16-6-8-17(26)9-7-16)20-12-18(10-11-22(20)32-15)27-23(29)14-31-21-5-3-2-4-19(21)25/h2-12,15H,13-14H2,1H3,(H,27,29). The predicted octanol–water partition coefficient (Wildman–Crippen LogP) is 4.81. The Balaban J connectivity index is 1.50. The summed E-state index contributed by atoms with van der Waals surface area (Å²) in [6.07, 6.45) is -0.660. The summed E-state index contributed by atoms with van der Waals surface area (Å²) in [5, 5.41) is 3.16. The number of halogens is 2. The quantitative estimate of drug-likeness (QED) is 0.580. The molecule has 3 aromatic carbocycles. The fourth-order valence-corrected chi connectivity index (χ4v) is 3.51. The lowest BCUT2D eigenvalue weighted by molar-refractivity contribution is -0.125. The van der Waals surface area contributed by atoms with Crippen LogP contribution in [0.25, 0.3) is 0 Å². The second-order valence-corrected chi connectivity index (χ2v) is 7.67. The van der Waals surface area contributed by atoms with Crippen molar-refractivity contribution in [3.05, 3.63) is 83.1 Å². The van der Waals surface area contributed by atoms with Crippen LogP contribution >= 0.6 is 11.6 Å². The van der Waals surface area contributed by atoms with Gasteiger partial charge in [-0.3, -0.25) is 9.59 Å². The molecule has 4 rings (SSSR count). The molecule has 1 heterocycles. The van der Waals surface area contributed by atoms with Gasteiger partial charge in [0, 0.05) is 5.69 Å². The van der Waals surface area contributed by atoms with Gasteiger partial charge in [-0.25, -0.2) is 4.39 Å². The summed E-state index contributed by atoms with van der Waals surface area (Å²) in [6.45, 7) is 1.68. The van der Waals surface area contributed by atoms with Crippen molar-refractivity contribution >= 4 is 34.8 Å². The number of ether oxygens (including phenoxy) is 2. The molecule has 0 spiro atoms. The van der Waals surface area contributed by atoms with Crippen LogP contribution in [0.2, 0.25) is 5.02 Å². The highest BCUT2D eigenvalue weighted by atomic mass is 35.5. The highest BCUT2D eigenvalue weighted by molar-refractivity contribution is 6.32. The Morgan fingerprint density at radius 3 is 2.66 bits per heavy atom. The van der Waals surface area contributed by atoms with E-state index in [1.165, 1.54) is 12.1 Å². The number of hydrogen-bond donors (Lipinski definition) is 1. The molecule has 164 valence electrons. The van der Waals surface area contributed by atoms with Crippen LogP contribution in [0.1, 0.15) is 12.5 Å². The molecule has 8 heteroatoms. The van der Waals surface area contributed by atoms with E-state index in [0.717, 1.165) is 5.56 Å². The van der Waals surface area contributed by atoms with E-state index in [9.17, 15) is 14.0 Å². The molecule has 0 bridgehead atoms. The van der Waals surface area contributed by atoms with Gasteiger partial charge < -0.3 is 19.7 Å². The number of para-hydroxylation sites is 1. The SMILES string of the molecule is CC1Oc2ccc(NC(=O)COc3ccccc3Cl)cc2N(Cc2ccc(F)cc2)C1=O. The number of rotatable bonds is 6. The van der Waals surface area contributed by atoms with E-state index in [0.29, 0.717) is 27.9 Å². The highest BCUT2D eigenvalue weighted by Gasteiger charge is 2.31. The molecule has 0 radical (unpaired) electrons. The summed E-state index contributed by atoms with van der Waals surface area (Å²) in [5.41, 5.74) is 1.76. The molecule has 0 fully saturated rings. The summed E-state index contributed by atoms with van der Waals surface area (Å²) in [7, 11) is 0. The van der Waals surface area contributed by atoms with Crippen LogP contribution in [0.15, 0.2) is 66.7 Å². The second-order valence-electron chi connectivity index (χ2n) is 7.26. The Bertz CT molecular complexity index is 1150. The monoisotopic (exact) mass is 454 g/mol. The lowest BCUT2D eigenvalue weighted by Crippen LogP contribution is -2.44. The number of nitrogens with one attached hydrogen (secondary N) is 1. The van der Waals surface area contributed by atoms with Gasteiger partial charge in [0.1, 0.15) is 17.3 Å². The molecule has 1 atom stereocenters. The minimum absolute atomic E-state index is 0.229. The predicted molar refractivity (Wildman–Crippen MR) is 120 cm³/mol. The molecule has 1 aliphatic heterocycles. The van der Waals surface area contributed by atoms with E-state index in [4.69, 9.17) is 21.1 Å². The lowest BCUT2D eigenvalue weighted by atomic mass is 10.1. The summed E-state index contributed by atoms with van der Waals surface area (Å²) in [6, 6.07) is 17.9. The third-order valence-corrected chi connectivity index (χ3v) is 5.21. The number of amides is 2. The number of carbonyl (C=O) groups is 2. The van der Waals surface area contributed by atoms with Gasteiger partial charge in [-0.2, -0.15) is 0 Å². The first-order valence-electron chi connectivity index (χ1n) is 9.94. The van der Waals surface area contributed by atoms with Gasteiger partial charge in [0.15, 0.2) is 12.7 Å². The van der Waals surface area contributed by atoms with E-state index in [1.54, 1.807) is 66.4 Å². The molecule has 0 saturated heterocycles. The summed E-state index contributed by atoms with van der Waals surface area (Å²) in [5.74, 6) is -0.0312. The topological polar surface area (TPSA) is 67.9 Å². The number of carbonyl (C=O) groups excluding carboxylic acids is 2. The molecule has 1 aliphatic rings. The molecular weight excluding hydrogens is 435 g/mol. The molecule has 0 aromatic heterocycles. The van der Waals surface area contributed by atoms with Crippen LogP contribution in [0.3, 0.4) is 0 Å². The summed E-state index contributed by atoms with van der Waals surface area (Å²) < 4.78 is 24.4. The van der Waals surface area contributed by atoms with Gasteiger partial charge in [-0.1, -0.05) is 35.9 Å². The molecule has 1 unspecified atom stereocenters. The fraction of sp³-hybridized carbons (Fsp3) is 0.167. The van der Waals surface area contributed by atoms with Crippen LogP contribution in [-0.4, -0.2) is 24.5 Å². The normalized spacial score (nSPS) is 15.0. The first kappa shape index (κ1) is 21.6. The first-order valence-corrected chi connectivity index (χ1v) is 10.3. The summed E-state index contributed by atoms with van der Waals surface area (Å²) in [4.78, 5) is 26.7. The fourth-order valence-electron chi connectivity index (χ4n) is 3.32. The van der Waals surface area contributed by atoms with E-state index in [-0.39, 0.29) is 30.8 Å². The maximum Gasteiger partial charge on any atom is 0.268 e. The van der Waals surface area contributed by atoms with Crippen molar-refractivity contribution in [2.75, 3.05) is 16.8 Å². The molecule has 32 heavy (non-hydrogen) atoms. The highest BCUT2D eigenvalue weighted by Crippen LogP contribution is 2.37. The Morgan fingerprint density at radius 1 is 1.16 bits per heavy atom. The van der Waals surface area contributed by atoms with Crippen LogP contribution in [0.4, 0.5) is 15.8 Å². The maximum absolute atomic E-state index is 13.3. The zero-order valence-electron chi connectivity index (χ0n) is 17.2. The van der Waals surface area contributed by atoms with Gasteiger partial charge in [-0.15, -0.1) is 0 Å². The Labute approximate surface area is 189 Å². The minimum Gasteiger partial charge on any atom is -0.482 e. The van der Waals surface area contributed by atoms with Crippen molar-refractivity contribution in [1.82, 2.24) is 0 Å². The molecule has 2 amide bonds. The van der Waals surface area contributed by atoms with Gasteiger partial charge in [-0.05, 0) is 55.0 Å². The number of fused-ring (bicyclic) bond motifs is 1. The average molecular weight is 455 g/mol. The van der Waals surface area contributed by atoms with E-state index >= 15 is 0 Å². The van der Waals surface area contributed by atoms with Gasteiger partial charge in [0.05, 0.1) is 17.3 Å². The van der Waals surface area contributed by atoms with Gasteiger partial charge in [0.2, 0.25) is 0 Å². The van der Waals surface area contributed by atoms with Gasteiger partial charge in [0.25, 0.3) is 11.8 Å². The van der Waals surface area contributed by atoms with Crippen LogP contribution < -0.4 is 19.7 Å². The zero-order valence-corrected chi connectivity index (χ0v) is 17.9. The van der Waals surface area contributed by atoms with E-state index in [2.05, 4.69) is 5.32 Å². The van der Waals surface area contributed by atoms with Gasteiger partial charge >= 0.3 is 0 Å². The number of benzene rings is 3.